The standard InChI is InChI=1S/C19H21Cl2NO2S/c1-12(2)25(24)16-8-5-14(6-9-16)19(23)22(4)13(3)17-10-7-15(20)11-18(17)21/h5-13H,1-4H3/t13-,25+/m0/s1. The minimum Gasteiger partial charge on any atom is -0.335 e. The first-order valence-electron chi connectivity index (χ1n) is 7.95. The monoisotopic (exact) mass is 397 g/mol. The van der Waals surface area contributed by atoms with Gasteiger partial charge in [-0.25, -0.2) is 0 Å². The van der Waals surface area contributed by atoms with E-state index in [1.807, 2.05) is 26.8 Å². The number of hydrogen-bond donors (Lipinski definition) is 0. The van der Waals surface area contributed by atoms with Crippen LogP contribution in [0.4, 0.5) is 0 Å². The van der Waals surface area contributed by atoms with Gasteiger partial charge in [-0.15, -0.1) is 0 Å². The average molecular weight is 398 g/mol. The fourth-order valence-electron chi connectivity index (χ4n) is 2.43. The fraction of sp³-hybridized carbons (Fsp3) is 0.316. The van der Waals surface area contributed by atoms with Crippen molar-refractivity contribution in [2.24, 2.45) is 0 Å². The van der Waals surface area contributed by atoms with Crippen molar-refractivity contribution in [3.63, 3.8) is 0 Å². The van der Waals surface area contributed by atoms with Crippen LogP contribution in [0.25, 0.3) is 0 Å². The Morgan fingerprint density at radius 2 is 1.64 bits per heavy atom. The summed E-state index contributed by atoms with van der Waals surface area (Å²) < 4.78 is 12.1. The van der Waals surface area contributed by atoms with E-state index in [0.717, 1.165) is 10.5 Å². The summed E-state index contributed by atoms with van der Waals surface area (Å²) in [6.07, 6.45) is 0. The molecule has 0 aliphatic carbocycles. The Balaban J connectivity index is 2.20. The van der Waals surface area contributed by atoms with E-state index in [-0.39, 0.29) is 17.2 Å². The zero-order valence-electron chi connectivity index (χ0n) is 14.6. The molecule has 2 aromatic rings. The van der Waals surface area contributed by atoms with Crippen molar-refractivity contribution in [1.29, 1.82) is 0 Å². The highest BCUT2D eigenvalue weighted by Gasteiger charge is 2.21. The Kier molecular flexibility index (Phi) is 6.66. The van der Waals surface area contributed by atoms with Gasteiger partial charge in [-0.3, -0.25) is 9.00 Å². The second kappa shape index (κ2) is 8.35. The minimum atomic E-state index is -1.07. The lowest BCUT2D eigenvalue weighted by Crippen LogP contribution is -2.29. The van der Waals surface area contributed by atoms with E-state index in [2.05, 4.69) is 0 Å². The zero-order chi connectivity index (χ0) is 18.7. The predicted molar refractivity (Wildman–Crippen MR) is 105 cm³/mol. The first-order valence-corrected chi connectivity index (χ1v) is 9.92. The maximum absolute atomic E-state index is 12.7. The van der Waals surface area contributed by atoms with Crippen LogP contribution in [-0.2, 0) is 10.8 Å². The molecule has 0 N–H and O–H groups in total. The quantitative estimate of drug-likeness (QED) is 0.682. The molecule has 0 bridgehead atoms. The predicted octanol–water partition coefficient (Wildman–Crippen LogP) is 5.34. The number of hydrogen-bond acceptors (Lipinski definition) is 2. The van der Waals surface area contributed by atoms with Crippen molar-refractivity contribution in [2.45, 2.75) is 37.0 Å². The molecule has 25 heavy (non-hydrogen) atoms. The van der Waals surface area contributed by atoms with Crippen LogP contribution in [0.5, 0.6) is 0 Å². The molecule has 2 rings (SSSR count). The molecule has 0 aromatic heterocycles. The Hall–Kier alpha value is -1.36. The van der Waals surface area contributed by atoms with Gasteiger partial charge in [-0.05, 0) is 48.9 Å². The highest BCUT2D eigenvalue weighted by atomic mass is 35.5. The SMILES string of the molecule is CC(C)[S@@](=O)c1ccc(C(=O)N(C)[C@@H](C)c2ccc(Cl)cc2Cl)cc1. The maximum Gasteiger partial charge on any atom is 0.254 e. The third kappa shape index (κ3) is 4.63. The van der Waals surface area contributed by atoms with Crippen LogP contribution in [0.1, 0.15) is 42.7 Å². The van der Waals surface area contributed by atoms with Gasteiger partial charge in [-0.1, -0.05) is 43.1 Å². The van der Waals surface area contributed by atoms with Crippen LogP contribution in [0.2, 0.25) is 10.0 Å². The third-order valence-electron chi connectivity index (χ3n) is 4.08. The van der Waals surface area contributed by atoms with E-state index in [1.165, 1.54) is 0 Å². The largest absolute Gasteiger partial charge is 0.335 e. The van der Waals surface area contributed by atoms with Crippen LogP contribution in [-0.4, -0.2) is 27.3 Å². The van der Waals surface area contributed by atoms with Crippen molar-refractivity contribution in [2.75, 3.05) is 7.05 Å². The number of amides is 1. The third-order valence-corrected chi connectivity index (χ3v) is 6.23. The summed E-state index contributed by atoms with van der Waals surface area (Å²) in [7, 11) is 0.668. The van der Waals surface area contributed by atoms with Gasteiger partial charge in [-0.2, -0.15) is 0 Å². The average Bonchev–Trinajstić information content (AvgIpc) is 2.59. The summed E-state index contributed by atoms with van der Waals surface area (Å²) in [6, 6.07) is 12.0. The Morgan fingerprint density at radius 3 is 2.16 bits per heavy atom. The van der Waals surface area contributed by atoms with Crippen LogP contribution >= 0.6 is 23.2 Å². The molecule has 0 saturated heterocycles. The molecule has 0 spiro atoms. The van der Waals surface area contributed by atoms with Crippen molar-refractivity contribution in [1.82, 2.24) is 4.90 Å². The Morgan fingerprint density at radius 1 is 1.04 bits per heavy atom. The van der Waals surface area contributed by atoms with Gasteiger partial charge in [0, 0.05) is 32.8 Å². The van der Waals surface area contributed by atoms with Crippen LogP contribution < -0.4 is 0 Å². The smallest absolute Gasteiger partial charge is 0.254 e. The van der Waals surface area contributed by atoms with E-state index in [4.69, 9.17) is 23.2 Å². The first kappa shape index (κ1) is 20.0. The summed E-state index contributed by atoms with van der Waals surface area (Å²) in [5.74, 6) is -0.125. The van der Waals surface area contributed by atoms with Gasteiger partial charge >= 0.3 is 0 Å². The molecule has 0 aliphatic rings. The molecule has 2 atom stereocenters. The summed E-state index contributed by atoms with van der Waals surface area (Å²) in [6.45, 7) is 5.72. The minimum absolute atomic E-state index is 0.0382. The maximum atomic E-state index is 12.7. The molecule has 0 aliphatic heterocycles. The van der Waals surface area contributed by atoms with E-state index < -0.39 is 10.8 Å². The Labute approximate surface area is 161 Å². The molecule has 3 nitrogen and oxygen atoms in total. The molecular formula is C19H21Cl2NO2S. The van der Waals surface area contributed by atoms with Crippen molar-refractivity contribution >= 4 is 39.9 Å². The van der Waals surface area contributed by atoms with Gasteiger partial charge < -0.3 is 4.90 Å². The van der Waals surface area contributed by atoms with Gasteiger partial charge in [0.25, 0.3) is 5.91 Å². The van der Waals surface area contributed by atoms with E-state index in [0.29, 0.717) is 15.6 Å². The molecule has 0 unspecified atom stereocenters. The van der Waals surface area contributed by atoms with Crippen molar-refractivity contribution < 1.29 is 9.00 Å². The van der Waals surface area contributed by atoms with E-state index >= 15 is 0 Å². The first-order chi connectivity index (χ1) is 11.7. The van der Waals surface area contributed by atoms with Gasteiger partial charge in [0.05, 0.1) is 16.8 Å². The van der Waals surface area contributed by atoms with E-state index in [9.17, 15) is 9.00 Å². The lowest BCUT2D eigenvalue weighted by atomic mass is 10.1. The molecule has 0 saturated carbocycles. The number of carbonyl (C=O) groups excluding carboxylic acids is 1. The summed E-state index contributed by atoms with van der Waals surface area (Å²) in [4.78, 5) is 15.1. The molecule has 6 heteroatoms. The molecule has 0 fully saturated rings. The fourth-order valence-corrected chi connectivity index (χ4v) is 3.95. The number of carbonyl (C=O) groups is 1. The van der Waals surface area contributed by atoms with Crippen LogP contribution in [0, 0.1) is 0 Å². The highest BCUT2D eigenvalue weighted by Crippen LogP contribution is 2.29. The summed E-state index contributed by atoms with van der Waals surface area (Å²) in [5, 5.41) is 1.13. The Bertz CT molecular complexity index is 791. The molecule has 0 heterocycles. The molecular weight excluding hydrogens is 377 g/mol. The van der Waals surface area contributed by atoms with Gasteiger partial charge in [0.1, 0.15) is 0 Å². The highest BCUT2D eigenvalue weighted by molar-refractivity contribution is 7.85. The van der Waals surface area contributed by atoms with Crippen LogP contribution in [0.15, 0.2) is 47.4 Å². The van der Waals surface area contributed by atoms with Crippen LogP contribution in [0.3, 0.4) is 0 Å². The normalized spacial score (nSPS) is 13.6. The number of rotatable bonds is 5. The van der Waals surface area contributed by atoms with Gasteiger partial charge in [0.2, 0.25) is 0 Å². The summed E-state index contributed by atoms with van der Waals surface area (Å²) >= 11 is 12.2. The second-order valence-corrected chi connectivity index (χ2v) is 8.98. The molecule has 2 aromatic carbocycles. The number of nitrogens with zero attached hydrogens (tertiary/aromatic N) is 1. The van der Waals surface area contributed by atoms with Crippen molar-refractivity contribution in [3.05, 3.63) is 63.6 Å². The molecule has 0 radical (unpaired) electrons. The lowest BCUT2D eigenvalue weighted by molar-refractivity contribution is 0.0742. The molecule has 134 valence electrons. The van der Waals surface area contributed by atoms with Gasteiger partial charge in [0.15, 0.2) is 0 Å². The topological polar surface area (TPSA) is 37.4 Å². The molecule has 1 amide bonds. The van der Waals surface area contributed by atoms with Crippen molar-refractivity contribution in [3.8, 4) is 0 Å². The summed E-state index contributed by atoms with van der Waals surface area (Å²) in [5.41, 5.74) is 1.38. The number of benzene rings is 2. The lowest BCUT2D eigenvalue weighted by Gasteiger charge is -2.26. The number of halogens is 2. The second-order valence-electron chi connectivity index (χ2n) is 6.13. The zero-order valence-corrected chi connectivity index (χ0v) is 17.0. The van der Waals surface area contributed by atoms with E-state index in [1.54, 1.807) is 48.3 Å².